The molecule has 20 heavy (non-hydrogen) atoms. The van der Waals surface area contributed by atoms with Gasteiger partial charge in [0.25, 0.3) is 0 Å². The van der Waals surface area contributed by atoms with Crippen LogP contribution < -0.4 is 0 Å². The van der Waals surface area contributed by atoms with Gasteiger partial charge in [0, 0.05) is 6.42 Å². The van der Waals surface area contributed by atoms with Crippen LogP contribution in [-0.4, -0.2) is 5.11 Å². The second-order valence-corrected chi connectivity index (χ2v) is 5.86. The summed E-state index contributed by atoms with van der Waals surface area (Å²) in [5, 5.41) is 10.6. The Kier molecular flexibility index (Phi) is 4.24. The summed E-state index contributed by atoms with van der Waals surface area (Å²) in [6.07, 6.45) is 0.395. The minimum absolute atomic E-state index is 0.270. The van der Waals surface area contributed by atoms with Crippen LogP contribution in [0.5, 0.6) is 0 Å². The zero-order valence-corrected chi connectivity index (χ0v) is 12.2. The maximum Gasteiger partial charge on any atom is 0.123 e. The number of halogens is 1. The molecule has 0 radical (unpaired) electrons. The molecule has 0 heterocycles. The number of benzene rings is 2. The van der Waals surface area contributed by atoms with Gasteiger partial charge < -0.3 is 5.11 Å². The van der Waals surface area contributed by atoms with Gasteiger partial charge in [-0.3, -0.25) is 0 Å². The van der Waals surface area contributed by atoms with Crippen LogP contribution in [-0.2, 0) is 12.0 Å². The summed E-state index contributed by atoms with van der Waals surface area (Å²) in [4.78, 5) is 0. The summed E-state index contributed by atoms with van der Waals surface area (Å²) in [5.41, 5.74) is 1.90. The largest absolute Gasteiger partial charge is 0.385 e. The first-order chi connectivity index (χ1) is 9.38. The molecule has 1 N–H and O–H groups in total. The van der Waals surface area contributed by atoms with E-state index in [0.717, 1.165) is 11.1 Å². The van der Waals surface area contributed by atoms with Crippen molar-refractivity contribution in [3.63, 3.8) is 0 Å². The van der Waals surface area contributed by atoms with E-state index in [0.29, 0.717) is 12.3 Å². The van der Waals surface area contributed by atoms with Crippen molar-refractivity contribution in [2.75, 3.05) is 0 Å². The molecule has 2 aromatic carbocycles. The normalized spacial score (nSPS) is 14.3. The summed E-state index contributed by atoms with van der Waals surface area (Å²) < 4.78 is 13.2. The van der Waals surface area contributed by atoms with Crippen molar-refractivity contribution >= 4 is 0 Å². The van der Waals surface area contributed by atoms with Crippen molar-refractivity contribution < 1.29 is 9.50 Å². The van der Waals surface area contributed by atoms with Gasteiger partial charge in [-0.05, 0) is 41.7 Å². The lowest BCUT2D eigenvalue weighted by Crippen LogP contribution is -2.24. The van der Waals surface area contributed by atoms with Crippen LogP contribution in [0.25, 0.3) is 0 Å². The molecule has 0 aliphatic heterocycles. The Hall–Kier alpha value is -1.67. The molecule has 1 unspecified atom stereocenters. The highest BCUT2D eigenvalue weighted by molar-refractivity contribution is 5.30. The first-order valence-corrected chi connectivity index (χ1v) is 6.96. The molecule has 0 saturated heterocycles. The van der Waals surface area contributed by atoms with Gasteiger partial charge in [-0.1, -0.05) is 50.2 Å². The summed E-state index contributed by atoms with van der Waals surface area (Å²) in [5.74, 6) is 0.200. The predicted molar refractivity (Wildman–Crippen MR) is 80.2 cm³/mol. The van der Waals surface area contributed by atoms with Crippen molar-refractivity contribution in [1.29, 1.82) is 0 Å². The zero-order valence-electron chi connectivity index (χ0n) is 12.2. The number of hydrogen-bond donors (Lipinski definition) is 1. The molecule has 106 valence electrons. The maximum absolute atomic E-state index is 13.2. The topological polar surface area (TPSA) is 20.2 Å². The van der Waals surface area contributed by atoms with Gasteiger partial charge in [-0.25, -0.2) is 4.39 Å². The van der Waals surface area contributed by atoms with Crippen LogP contribution in [0.1, 0.15) is 43.4 Å². The first kappa shape index (κ1) is 14.7. The second kappa shape index (κ2) is 5.76. The molecule has 1 nitrogen and oxygen atoms in total. The van der Waals surface area contributed by atoms with E-state index in [-0.39, 0.29) is 5.82 Å². The minimum Gasteiger partial charge on any atom is -0.385 e. The van der Waals surface area contributed by atoms with Crippen molar-refractivity contribution in [3.05, 3.63) is 71.0 Å². The van der Waals surface area contributed by atoms with E-state index in [1.54, 1.807) is 13.0 Å². The van der Waals surface area contributed by atoms with Gasteiger partial charge in [0.2, 0.25) is 0 Å². The molecule has 2 aromatic rings. The van der Waals surface area contributed by atoms with Gasteiger partial charge in [0.1, 0.15) is 5.82 Å². The second-order valence-electron chi connectivity index (χ2n) is 5.86. The average molecular weight is 272 g/mol. The number of rotatable bonds is 4. The van der Waals surface area contributed by atoms with Crippen LogP contribution >= 0.6 is 0 Å². The van der Waals surface area contributed by atoms with E-state index in [2.05, 4.69) is 13.8 Å². The Balaban J connectivity index is 2.21. The molecule has 0 aromatic heterocycles. The van der Waals surface area contributed by atoms with E-state index in [4.69, 9.17) is 0 Å². The molecule has 0 spiro atoms. The Morgan fingerprint density at radius 1 is 1.10 bits per heavy atom. The molecule has 0 amide bonds. The maximum atomic E-state index is 13.2. The predicted octanol–water partition coefficient (Wildman–Crippen LogP) is 4.40. The molecule has 0 fully saturated rings. The highest BCUT2D eigenvalue weighted by atomic mass is 19.1. The fourth-order valence-electron chi connectivity index (χ4n) is 2.37. The van der Waals surface area contributed by atoms with E-state index in [1.807, 2.05) is 30.3 Å². The van der Waals surface area contributed by atoms with E-state index in [9.17, 15) is 9.50 Å². The van der Waals surface area contributed by atoms with Crippen molar-refractivity contribution in [1.82, 2.24) is 0 Å². The Morgan fingerprint density at radius 2 is 1.75 bits per heavy atom. The summed E-state index contributed by atoms with van der Waals surface area (Å²) >= 11 is 0. The number of aliphatic hydroxyl groups is 1. The first-order valence-electron chi connectivity index (χ1n) is 6.96. The van der Waals surface area contributed by atoms with Gasteiger partial charge in [-0.2, -0.15) is 0 Å². The van der Waals surface area contributed by atoms with Crippen molar-refractivity contribution in [2.24, 2.45) is 0 Å². The quantitative estimate of drug-likeness (QED) is 0.874. The zero-order chi connectivity index (χ0) is 14.8. The third-order valence-electron chi connectivity index (χ3n) is 3.64. The van der Waals surface area contributed by atoms with Crippen molar-refractivity contribution in [3.8, 4) is 0 Å². The fraction of sp³-hybridized carbons (Fsp3) is 0.333. The Bertz CT molecular complexity index is 570. The van der Waals surface area contributed by atoms with Crippen LogP contribution in [0.2, 0.25) is 0 Å². The van der Waals surface area contributed by atoms with Gasteiger partial charge >= 0.3 is 0 Å². The number of hydrogen-bond acceptors (Lipinski definition) is 1. The molecular weight excluding hydrogens is 251 g/mol. The fourth-order valence-corrected chi connectivity index (χ4v) is 2.37. The standard InChI is InChI=1S/C18H21FO/c1-13(2)15-7-9-16(10-8-15)18(3,20)12-14-5-4-6-17(19)11-14/h4-11,13,20H,12H2,1-3H3. The van der Waals surface area contributed by atoms with E-state index < -0.39 is 5.60 Å². The molecule has 0 aliphatic rings. The lowest BCUT2D eigenvalue weighted by Gasteiger charge is -2.24. The van der Waals surface area contributed by atoms with Crippen LogP contribution in [0.15, 0.2) is 48.5 Å². The summed E-state index contributed by atoms with van der Waals surface area (Å²) in [7, 11) is 0. The van der Waals surface area contributed by atoms with E-state index >= 15 is 0 Å². The third kappa shape index (κ3) is 3.45. The molecule has 0 bridgehead atoms. The Morgan fingerprint density at radius 3 is 2.30 bits per heavy atom. The van der Waals surface area contributed by atoms with Crippen LogP contribution in [0.3, 0.4) is 0 Å². The van der Waals surface area contributed by atoms with Crippen LogP contribution in [0, 0.1) is 5.82 Å². The van der Waals surface area contributed by atoms with Crippen LogP contribution in [0.4, 0.5) is 4.39 Å². The third-order valence-corrected chi connectivity index (χ3v) is 3.64. The molecule has 0 aliphatic carbocycles. The monoisotopic (exact) mass is 272 g/mol. The summed E-state index contributed by atoms with van der Waals surface area (Å²) in [6, 6.07) is 14.4. The molecular formula is C18H21FO. The van der Waals surface area contributed by atoms with Crippen molar-refractivity contribution in [2.45, 2.75) is 38.7 Å². The average Bonchev–Trinajstić information content (AvgIpc) is 2.38. The smallest absolute Gasteiger partial charge is 0.123 e. The highest BCUT2D eigenvalue weighted by Crippen LogP contribution is 2.27. The molecule has 1 atom stereocenters. The van der Waals surface area contributed by atoms with Gasteiger partial charge in [-0.15, -0.1) is 0 Å². The highest BCUT2D eigenvalue weighted by Gasteiger charge is 2.23. The molecule has 0 saturated carbocycles. The minimum atomic E-state index is -0.997. The Labute approximate surface area is 120 Å². The molecule has 2 rings (SSSR count). The lowest BCUT2D eigenvalue weighted by molar-refractivity contribution is 0.0575. The van der Waals surface area contributed by atoms with E-state index in [1.165, 1.54) is 17.7 Å². The SMILES string of the molecule is CC(C)c1ccc(C(C)(O)Cc2cccc(F)c2)cc1. The summed E-state index contributed by atoms with van der Waals surface area (Å²) in [6.45, 7) is 6.04. The van der Waals surface area contributed by atoms with Gasteiger partial charge in [0.05, 0.1) is 5.60 Å². The molecule has 2 heteroatoms. The van der Waals surface area contributed by atoms with Gasteiger partial charge in [0.15, 0.2) is 0 Å². The lowest BCUT2D eigenvalue weighted by atomic mass is 9.88.